The zero-order valence-electron chi connectivity index (χ0n) is 40.6. The minimum Gasteiger partial charge on any atom is -0.489 e. The Hall–Kier alpha value is -5.53. The number of ether oxygens (including phenoxy) is 2. The average molecular weight is 969 g/mol. The van der Waals surface area contributed by atoms with Crippen LogP contribution < -0.4 is 26.0 Å². The van der Waals surface area contributed by atoms with Gasteiger partial charge in [0, 0.05) is 60.3 Å². The van der Waals surface area contributed by atoms with E-state index in [9.17, 15) is 29.5 Å². The number of carbonyl (C=O) groups excluding carboxylic acids is 4. The first-order chi connectivity index (χ1) is 32.1. The molecule has 2 aliphatic rings. The number of amides is 4. The number of anilines is 1. The number of nitrogens with zero attached hydrogens (tertiary/aromatic N) is 3. The molecule has 3 aromatic carbocycles. The number of thiazole rings is 1. The van der Waals surface area contributed by atoms with Crippen LogP contribution in [0.4, 0.5) is 5.69 Å². The van der Waals surface area contributed by atoms with Crippen molar-refractivity contribution in [3.63, 3.8) is 0 Å². The van der Waals surface area contributed by atoms with E-state index >= 15 is 0 Å². The third-order valence-corrected chi connectivity index (χ3v) is 14.5. The molecule has 4 amide bonds. The lowest BCUT2D eigenvalue weighted by atomic mass is 9.49. The molecule has 5 N–H and O–H groups in total. The van der Waals surface area contributed by atoms with E-state index in [1.807, 2.05) is 76.5 Å². The number of halogens is 1. The van der Waals surface area contributed by atoms with Crippen LogP contribution in [0, 0.1) is 34.5 Å². The van der Waals surface area contributed by atoms with Gasteiger partial charge in [-0.15, -0.1) is 11.3 Å². The predicted molar refractivity (Wildman–Crippen MR) is 265 cm³/mol. The van der Waals surface area contributed by atoms with Gasteiger partial charge in [-0.05, 0) is 86.1 Å². The number of aromatic nitrogens is 1. The van der Waals surface area contributed by atoms with Crippen LogP contribution in [0.25, 0.3) is 10.4 Å². The summed E-state index contributed by atoms with van der Waals surface area (Å²) < 4.78 is 12.1. The molecule has 2 fully saturated rings. The first-order valence-electron chi connectivity index (χ1n) is 23.3. The summed E-state index contributed by atoms with van der Waals surface area (Å²) in [7, 11) is 0. The van der Waals surface area contributed by atoms with E-state index in [1.54, 1.807) is 41.7 Å². The number of rotatable bonds is 19. The molecule has 1 saturated carbocycles. The normalized spacial score (nSPS) is 20.3. The van der Waals surface area contributed by atoms with Crippen molar-refractivity contribution in [3.8, 4) is 22.3 Å². The van der Waals surface area contributed by atoms with Gasteiger partial charge in [0.2, 0.25) is 17.7 Å². The van der Waals surface area contributed by atoms with E-state index in [4.69, 9.17) is 21.1 Å². The zero-order valence-corrected chi connectivity index (χ0v) is 42.1. The van der Waals surface area contributed by atoms with Gasteiger partial charge in [0.1, 0.15) is 36.6 Å². The van der Waals surface area contributed by atoms with Crippen LogP contribution in [0.3, 0.4) is 0 Å². The fourth-order valence-electron chi connectivity index (χ4n) is 9.67. The van der Waals surface area contributed by atoms with Crippen molar-refractivity contribution in [1.29, 1.82) is 5.26 Å². The second-order valence-electron chi connectivity index (χ2n) is 20.3. The Bertz CT molecular complexity index is 2450. The summed E-state index contributed by atoms with van der Waals surface area (Å²) in [4.78, 5) is 61.0. The average Bonchev–Trinajstić information content (AvgIpc) is 3.91. The number of nitrogens with one attached hydrogen (secondary N) is 4. The van der Waals surface area contributed by atoms with Crippen LogP contribution in [0.5, 0.6) is 5.75 Å². The summed E-state index contributed by atoms with van der Waals surface area (Å²) in [5.74, 6) is -0.820. The van der Waals surface area contributed by atoms with Gasteiger partial charge < -0.3 is 40.7 Å². The second kappa shape index (κ2) is 21.8. The lowest BCUT2D eigenvalue weighted by molar-refractivity contribution is -0.164. The van der Waals surface area contributed by atoms with E-state index in [-0.39, 0.29) is 60.4 Å². The monoisotopic (exact) mass is 967 g/mol. The molecule has 2 heterocycles. The van der Waals surface area contributed by atoms with Crippen molar-refractivity contribution in [2.24, 2.45) is 16.2 Å². The quantitative estimate of drug-likeness (QED) is 0.0572. The highest BCUT2D eigenvalue weighted by molar-refractivity contribution is 7.13. The Morgan fingerprint density at radius 3 is 2.29 bits per heavy atom. The van der Waals surface area contributed by atoms with Crippen molar-refractivity contribution >= 4 is 52.3 Å². The maximum Gasteiger partial charge on any atom is 0.251 e. The molecule has 16 heteroatoms. The second-order valence-corrected chi connectivity index (χ2v) is 21.6. The van der Waals surface area contributed by atoms with E-state index in [0.717, 1.165) is 46.6 Å². The number of unbranched alkanes of at least 4 members (excludes halogenated alkanes) is 2. The summed E-state index contributed by atoms with van der Waals surface area (Å²) in [5.41, 5.74) is 5.11. The topological polar surface area (TPSA) is 195 Å². The summed E-state index contributed by atoms with van der Waals surface area (Å²) in [6, 6.07) is 20.1. The maximum absolute atomic E-state index is 14.1. The van der Waals surface area contributed by atoms with Gasteiger partial charge in [0.15, 0.2) is 0 Å². The molecule has 0 unspecified atom stereocenters. The standard InChI is InChI=1S/C52H66ClN7O7S/c1-31(33-13-15-34(16-14-33)43-32(2)56-30-68-43)57-46(64)41-25-38(61)28-60(41)47(65)44(50(3,4)5)58-42(62)29-66-24-12-10-11-23-55-37-20-17-35(18-21-37)45(63)59-48-51(6,7)49(52(48,8)9)67-39-22-19-36(27-54)40(53)26-39/h13-22,26,30-31,38,41,44,48-49,55,61H,10-12,23-25,28-29H2,1-9H3,(H,57,64)(H,58,62)(H,59,63)/t31-,38+,41-,44+,48-,49-/m1/s1. The Kier molecular flexibility index (Phi) is 16.6. The van der Waals surface area contributed by atoms with Crippen LogP contribution in [-0.4, -0.2) is 95.3 Å². The first-order valence-corrected chi connectivity index (χ1v) is 24.5. The molecule has 1 saturated heterocycles. The van der Waals surface area contributed by atoms with Crippen LogP contribution in [-0.2, 0) is 19.1 Å². The molecule has 1 aliphatic carbocycles. The highest BCUT2D eigenvalue weighted by Crippen LogP contribution is 2.55. The van der Waals surface area contributed by atoms with Crippen LogP contribution in [0.1, 0.15) is 114 Å². The van der Waals surface area contributed by atoms with E-state index < -0.39 is 35.4 Å². The Balaban J connectivity index is 0.887. The van der Waals surface area contributed by atoms with E-state index in [0.29, 0.717) is 35.1 Å². The molecule has 0 bridgehead atoms. The lowest BCUT2D eigenvalue weighted by Crippen LogP contribution is -2.74. The molecule has 6 rings (SSSR count). The first kappa shape index (κ1) is 51.9. The van der Waals surface area contributed by atoms with Gasteiger partial charge in [0.05, 0.1) is 38.8 Å². The third kappa shape index (κ3) is 12.2. The zero-order chi connectivity index (χ0) is 49.6. The number of nitriles is 1. The van der Waals surface area contributed by atoms with Crippen molar-refractivity contribution < 1.29 is 33.8 Å². The van der Waals surface area contributed by atoms with Gasteiger partial charge in [-0.2, -0.15) is 5.26 Å². The van der Waals surface area contributed by atoms with Gasteiger partial charge in [0.25, 0.3) is 5.91 Å². The number of likely N-dealkylation sites (tertiary alicyclic amines) is 1. The van der Waals surface area contributed by atoms with Crippen LogP contribution in [0.2, 0.25) is 5.02 Å². The van der Waals surface area contributed by atoms with Crippen molar-refractivity contribution in [2.45, 2.75) is 124 Å². The van der Waals surface area contributed by atoms with E-state index in [2.05, 4.69) is 60.0 Å². The molecule has 0 radical (unpaired) electrons. The molecule has 1 aromatic heterocycles. The van der Waals surface area contributed by atoms with Gasteiger partial charge in [-0.1, -0.05) is 84.3 Å². The number of hydrogen-bond donors (Lipinski definition) is 5. The Morgan fingerprint density at radius 1 is 0.985 bits per heavy atom. The lowest BCUT2D eigenvalue weighted by Gasteiger charge is -2.63. The molecule has 68 heavy (non-hydrogen) atoms. The molecule has 4 aromatic rings. The smallest absolute Gasteiger partial charge is 0.251 e. The summed E-state index contributed by atoms with van der Waals surface area (Å²) in [5, 5.41) is 32.7. The third-order valence-electron chi connectivity index (χ3n) is 13.2. The van der Waals surface area contributed by atoms with Gasteiger partial charge in [-0.3, -0.25) is 19.2 Å². The SMILES string of the molecule is Cc1ncsc1-c1ccc([C@@H](C)NC(=O)[C@H]2C[C@H](O)CN2C(=O)[C@H](NC(=O)COCCCCCNc2ccc(C(=O)N[C@H]3C(C)(C)[C@H](Oc4ccc(C#N)c(Cl)c4)C3(C)C)cc2)C(C)(C)C)cc1. The number of benzene rings is 3. The number of β-amino-alcohol motifs (C(OH)–C–C–N with tert-alkyl or cyclic N) is 1. The fourth-order valence-corrected chi connectivity index (χ4v) is 10.7. The molecule has 1 aliphatic heterocycles. The fraction of sp³-hybridized carbons (Fsp3) is 0.500. The Labute approximate surface area is 409 Å². The van der Waals surface area contributed by atoms with Crippen LogP contribution >= 0.6 is 22.9 Å². The number of hydrogen-bond acceptors (Lipinski definition) is 11. The molecule has 0 spiro atoms. The Morgan fingerprint density at radius 2 is 1.68 bits per heavy atom. The molecular formula is C52H66ClN7O7S. The van der Waals surface area contributed by atoms with Gasteiger partial charge in [-0.25, -0.2) is 4.98 Å². The summed E-state index contributed by atoms with van der Waals surface area (Å²) in [6.45, 7) is 18.5. The number of aliphatic hydroxyl groups is 1. The number of carbonyl (C=O) groups is 4. The predicted octanol–water partition coefficient (Wildman–Crippen LogP) is 8.22. The van der Waals surface area contributed by atoms with Crippen LogP contribution in [0.15, 0.2) is 72.2 Å². The van der Waals surface area contributed by atoms with Crippen molar-refractivity contribution in [2.75, 3.05) is 31.6 Å². The van der Waals surface area contributed by atoms with Crippen molar-refractivity contribution in [3.05, 3.63) is 99.6 Å². The maximum atomic E-state index is 14.1. The molecule has 4 atom stereocenters. The number of aryl methyl sites for hydroxylation is 1. The van der Waals surface area contributed by atoms with Gasteiger partial charge >= 0.3 is 0 Å². The summed E-state index contributed by atoms with van der Waals surface area (Å²) >= 11 is 7.81. The molecular weight excluding hydrogens is 902 g/mol. The highest BCUT2D eigenvalue weighted by Gasteiger charge is 2.64. The highest BCUT2D eigenvalue weighted by atomic mass is 35.5. The number of aliphatic hydroxyl groups excluding tert-OH is 1. The minimum absolute atomic E-state index is 0.0135. The molecule has 14 nitrogen and oxygen atoms in total. The van der Waals surface area contributed by atoms with Crippen molar-refractivity contribution in [1.82, 2.24) is 25.8 Å². The summed E-state index contributed by atoms with van der Waals surface area (Å²) in [6.07, 6.45) is 1.46. The molecule has 364 valence electrons. The minimum atomic E-state index is -0.952. The largest absolute Gasteiger partial charge is 0.489 e. The van der Waals surface area contributed by atoms with E-state index in [1.165, 1.54) is 4.90 Å².